The molecule has 8 nitrogen and oxygen atoms in total. The van der Waals surface area contributed by atoms with Crippen molar-refractivity contribution in [1.82, 2.24) is 15.1 Å². The molecule has 3 fully saturated rings. The average Bonchev–Trinajstić information content (AvgIpc) is 3.88. The van der Waals surface area contributed by atoms with Crippen molar-refractivity contribution in [2.45, 2.75) is 80.9 Å². The molecule has 1 spiro atoms. The Labute approximate surface area is 341 Å². The predicted molar refractivity (Wildman–Crippen MR) is 218 cm³/mol. The second kappa shape index (κ2) is 16.6. The molecule has 3 aromatic carbocycles. The van der Waals surface area contributed by atoms with E-state index in [4.69, 9.17) is 18.9 Å². The number of piperidine rings is 1. The summed E-state index contributed by atoms with van der Waals surface area (Å²) in [6.45, 7) is 17.1. The van der Waals surface area contributed by atoms with Gasteiger partial charge in [-0.25, -0.2) is 0 Å². The van der Waals surface area contributed by atoms with E-state index in [0.29, 0.717) is 57.0 Å². The SMILES string of the molecule is C=C1CC[C@@]2(O)[C@H]3Cc4ccc(C)c5c4[C@@]2(CCN3CC2C[C@H]2C(=C)NCCOCCOCCN(C)CCC(Oc2ccc(C(F)(F)F)cc2)c2ccccc2)C1O5. The fraction of sp³-hybridized carbons (Fsp3) is 0.532. The Kier molecular flexibility index (Phi) is 11.7. The highest BCUT2D eigenvalue weighted by Gasteiger charge is 2.71. The standard InChI is InChI=1S/C47H58F3N3O5/c1-31-10-11-35-29-41-46(54)18-16-32(2)44-45(46,42(35)43(31)58-44)19-22-53(41)30-36-28-39(36)33(3)51-20-24-55-26-27-56-25-23-52(4)21-17-40(34-8-6-5-7-9-34)57-38-14-12-37(13-15-38)47(48,49)50/h5-15,36,39-41,44,51,54H,2-3,16-30H2,1,4H3/t36?,39-,40?,41+,44?,45-,46+/m0/s1. The molecule has 2 heterocycles. The summed E-state index contributed by atoms with van der Waals surface area (Å²) in [6.07, 6.45) is 0.260. The lowest BCUT2D eigenvalue weighted by Gasteiger charge is -2.63. The number of aliphatic hydroxyl groups is 1. The van der Waals surface area contributed by atoms with Gasteiger partial charge in [0.2, 0.25) is 0 Å². The Morgan fingerprint density at radius 2 is 1.78 bits per heavy atom. The molecule has 2 bridgehead atoms. The summed E-state index contributed by atoms with van der Waals surface area (Å²) in [6, 6.07) is 19.1. The van der Waals surface area contributed by atoms with Crippen LogP contribution in [0.3, 0.4) is 0 Å². The number of aryl methyl sites for hydroxylation is 1. The maximum atomic E-state index is 13.0. The van der Waals surface area contributed by atoms with Gasteiger partial charge in [-0.2, -0.15) is 13.2 Å². The summed E-state index contributed by atoms with van der Waals surface area (Å²) >= 11 is 0. The van der Waals surface area contributed by atoms with Gasteiger partial charge >= 0.3 is 6.18 Å². The molecule has 11 heteroatoms. The third-order valence-electron chi connectivity index (χ3n) is 13.6. The predicted octanol–water partition coefficient (Wildman–Crippen LogP) is 7.64. The van der Waals surface area contributed by atoms with Gasteiger partial charge in [-0.05, 0) is 105 Å². The maximum Gasteiger partial charge on any atom is 0.416 e. The molecule has 7 atom stereocenters. The molecule has 2 N–H and O–H groups in total. The number of rotatable bonds is 19. The average molecular weight is 802 g/mol. The zero-order chi connectivity index (χ0) is 40.7. The van der Waals surface area contributed by atoms with Crippen molar-refractivity contribution in [2.24, 2.45) is 11.8 Å². The second-order valence-electron chi connectivity index (χ2n) is 17.2. The minimum atomic E-state index is -4.38. The number of hydrogen-bond donors (Lipinski definition) is 2. The van der Waals surface area contributed by atoms with Crippen molar-refractivity contribution >= 4 is 0 Å². The van der Waals surface area contributed by atoms with Gasteiger partial charge < -0.3 is 34.3 Å². The normalized spacial score (nSPS) is 27.5. The lowest BCUT2D eigenvalue weighted by molar-refractivity contribution is -0.174. The first-order valence-corrected chi connectivity index (χ1v) is 21.0. The van der Waals surface area contributed by atoms with Crippen molar-refractivity contribution in [3.63, 3.8) is 0 Å². The lowest BCUT2D eigenvalue weighted by atomic mass is 9.48. The van der Waals surface area contributed by atoms with Gasteiger partial charge in [-0.1, -0.05) is 55.6 Å². The van der Waals surface area contributed by atoms with Crippen molar-refractivity contribution in [3.8, 4) is 11.5 Å². The minimum Gasteiger partial charge on any atom is -0.486 e. The Bertz CT molecular complexity index is 1940. The van der Waals surface area contributed by atoms with Gasteiger partial charge in [0.1, 0.15) is 23.7 Å². The summed E-state index contributed by atoms with van der Waals surface area (Å²) in [5.74, 6) is 2.37. The molecule has 1 saturated heterocycles. The van der Waals surface area contributed by atoms with Crippen LogP contribution in [-0.2, 0) is 27.5 Å². The van der Waals surface area contributed by atoms with E-state index in [1.807, 2.05) is 37.4 Å². The van der Waals surface area contributed by atoms with Crippen molar-refractivity contribution in [1.29, 1.82) is 0 Å². The fourth-order valence-electron chi connectivity index (χ4n) is 10.3. The van der Waals surface area contributed by atoms with Crippen LogP contribution in [-0.4, -0.2) is 98.9 Å². The van der Waals surface area contributed by atoms with Gasteiger partial charge in [-0.15, -0.1) is 0 Å². The van der Waals surface area contributed by atoms with Crippen LogP contribution in [0.4, 0.5) is 13.2 Å². The highest BCUT2D eigenvalue weighted by Crippen LogP contribution is 2.65. The number of allylic oxidation sites excluding steroid dienone is 1. The van der Waals surface area contributed by atoms with Crippen molar-refractivity contribution in [2.75, 3.05) is 66.2 Å². The molecule has 5 aliphatic rings. The molecular weight excluding hydrogens is 744 g/mol. The highest BCUT2D eigenvalue weighted by atomic mass is 19.4. The molecule has 8 rings (SSSR count). The number of benzene rings is 3. The lowest BCUT2D eigenvalue weighted by Crippen LogP contribution is -2.75. The Hall–Kier alpha value is -3.87. The van der Waals surface area contributed by atoms with Crippen molar-refractivity contribution in [3.05, 3.63) is 119 Å². The van der Waals surface area contributed by atoms with E-state index in [0.717, 1.165) is 98.6 Å². The first kappa shape index (κ1) is 40.9. The minimum absolute atomic E-state index is 0.0791. The van der Waals surface area contributed by atoms with Crippen LogP contribution < -0.4 is 14.8 Å². The van der Waals surface area contributed by atoms with E-state index in [1.165, 1.54) is 23.3 Å². The van der Waals surface area contributed by atoms with Gasteiger partial charge in [0.05, 0.1) is 43.0 Å². The summed E-state index contributed by atoms with van der Waals surface area (Å²) in [5, 5.41) is 16.2. The molecule has 3 aromatic rings. The van der Waals surface area contributed by atoms with Gasteiger partial charge in [0.15, 0.2) is 0 Å². The van der Waals surface area contributed by atoms with Crippen LogP contribution in [0.15, 0.2) is 91.2 Å². The largest absolute Gasteiger partial charge is 0.486 e. The number of halogens is 3. The summed E-state index contributed by atoms with van der Waals surface area (Å²) in [7, 11) is 2.02. The third kappa shape index (κ3) is 7.93. The molecule has 0 amide bonds. The maximum absolute atomic E-state index is 13.0. The van der Waals surface area contributed by atoms with Crippen LogP contribution in [0.5, 0.6) is 11.5 Å². The van der Waals surface area contributed by atoms with Gasteiger partial charge in [-0.3, -0.25) is 4.90 Å². The zero-order valence-electron chi connectivity index (χ0n) is 33.9. The number of likely N-dealkylation sites (tertiary alicyclic amines) is 1. The van der Waals surface area contributed by atoms with E-state index < -0.39 is 17.3 Å². The third-order valence-corrected chi connectivity index (χ3v) is 13.6. The molecule has 312 valence electrons. The quantitative estimate of drug-likeness (QED) is 0.0948. The molecule has 2 saturated carbocycles. The Morgan fingerprint density at radius 3 is 2.53 bits per heavy atom. The fourth-order valence-corrected chi connectivity index (χ4v) is 10.3. The Morgan fingerprint density at radius 1 is 1.02 bits per heavy atom. The number of nitrogens with zero attached hydrogens (tertiary/aromatic N) is 2. The van der Waals surface area contributed by atoms with Gasteiger partial charge in [0.25, 0.3) is 0 Å². The van der Waals surface area contributed by atoms with Crippen molar-refractivity contribution < 1.29 is 37.2 Å². The summed E-state index contributed by atoms with van der Waals surface area (Å²) in [5.41, 5.74) is 5.04. The molecule has 0 radical (unpaired) electrons. The summed E-state index contributed by atoms with van der Waals surface area (Å²) < 4.78 is 63.6. The molecule has 0 aromatic heterocycles. The molecule has 3 aliphatic carbocycles. The molecule has 2 aliphatic heterocycles. The first-order chi connectivity index (χ1) is 27.9. The van der Waals surface area contributed by atoms with E-state index in [1.54, 1.807) is 0 Å². The highest BCUT2D eigenvalue weighted by molar-refractivity contribution is 5.61. The number of ether oxygens (including phenoxy) is 4. The van der Waals surface area contributed by atoms with Crippen LogP contribution >= 0.6 is 0 Å². The monoisotopic (exact) mass is 801 g/mol. The molecule has 3 unspecified atom stereocenters. The van der Waals surface area contributed by atoms with E-state index >= 15 is 0 Å². The van der Waals surface area contributed by atoms with Crippen LogP contribution in [0.2, 0.25) is 0 Å². The van der Waals surface area contributed by atoms with E-state index in [9.17, 15) is 18.3 Å². The topological polar surface area (TPSA) is 75.7 Å². The summed E-state index contributed by atoms with van der Waals surface area (Å²) in [4.78, 5) is 4.74. The molecular formula is C47H58F3N3O5. The number of hydrogen-bond acceptors (Lipinski definition) is 8. The zero-order valence-corrected chi connectivity index (χ0v) is 33.9. The number of nitrogens with one attached hydrogen (secondary N) is 1. The smallest absolute Gasteiger partial charge is 0.416 e. The molecule has 58 heavy (non-hydrogen) atoms. The van der Waals surface area contributed by atoms with Crippen LogP contribution in [0.25, 0.3) is 0 Å². The Balaban J connectivity index is 0.709. The first-order valence-electron chi connectivity index (χ1n) is 21.0. The number of alkyl halides is 3. The number of likely N-dealkylation sites (N-methyl/N-ethyl adjacent to an activating group) is 1. The van der Waals surface area contributed by atoms with Crippen LogP contribution in [0, 0.1) is 18.8 Å². The second-order valence-corrected chi connectivity index (χ2v) is 17.2. The van der Waals surface area contributed by atoms with Crippen LogP contribution in [0.1, 0.15) is 66.0 Å². The van der Waals surface area contributed by atoms with Gasteiger partial charge in [0, 0.05) is 55.8 Å². The van der Waals surface area contributed by atoms with E-state index in [-0.39, 0.29) is 23.7 Å². The van der Waals surface area contributed by atoms with E-state index in [2.05, 4.69) is 47.3 Å².